The summed E-state index contributed by atoms with van der Waals surface area (Å²) in [6, 6.07) is 4.44. The zero-order valence-corrected chi connectivity index (χ0v) is 18.2. The number of nitriles is 1. The molecule has 0 bridgehead atoms. The standard InChI is InChI=1S/C20H26N4OS2/c1-19(2)8-14-15(9-21)18(27-17(14)20(3,4)23-19)22-16(25)11-24(5)10-13-6-7-26-12-13/h6-7,12,23H,8,10-11H2,1-5H3,(H,22,25)/p+2. The molecule has 1 atom stereocenters. The van der Waals surface area contributed by atoms with Crippen molar-refractivity contribution in [2.24, 2.45) is 0 Å². The van der Waals surface area contributed by atoms with E-state index in [-0.39, 0.29) is 17.0 Å². The molecule has 3 heterocycles. The Kier molecular flexibility index (Phi) is 5.46. The molecule has 1 unspecified atom stereocenters. The number of carbonyl (C=O) groups is 1. The molecule has 4 N–H and O–H groups in total. The van der Waals surface area contributed by atoms with Gasteiger partial charge in [-0.25, -0.2) is 0 Å². The monoisotopic (exact) mass is 404 g/mol. The highest BCUT2D eigenvalue weighted by Gasteiger charge is 2.44. The second kappa shape index (κ2) is 7.36. The predicted octanol–water partition coefficient (Wildman–Crippen LogP) is 1.47. The fourth-order valence-electron chi connectivity index (χ4n) is 4.16. The molecule has 5 nitrogen and oxygen atoms in total. The summed E-state index contributed by atoms with van der Waals surface area (Å²) in [5.74, 6) is -0.0427. The Morgan fingerprint density at radius 1 is 1.41 bits per heavy atom. The maximum atomic E-state index is 12.6. The predicted molar refractivity (Wildman–Crippen MR) is 110 cm³/mol. The van der Waals surface area contributed by atoms with Crippen molar-refractivity contribution in [3.05, 3.63) is 38.4 Å². The van der Waals surface area contributed by atoms with Gasteiger partial charge in [0.15, 0.2) is 6.54 Å². The summed E-state index contributed by atoms with van der Waals surface area (Å²) in [6.07, 6.45) is 0.838. The molecule has 0 spiro atoms. The van der Waals surface area contributed by atoms with Crippen LogP contribution in [-0.2, 0) is 23.3 Å². The van der Waals surface area contributed by atoms with Crippen molar-refractivity contribution in [1.82, 2.24) is 0 Å². The lowest BCUT2D eigenvalue weighted by Crippen LogP contribution is -3.08. The SMILES string of the molecule is C[NH+](CC(=O)Nc1sc2c(c1C#N)CC(C)(C)[NH2+]C2(C)C)Cc1ccsc1. The smallest absolute Gasteiger partial charge is 0.280 e. The van der Waals surface area contributed by atoms with Crippen molar-refractivity contribution >= 4 is 33.6 Å². The van der Waals surface area contributed by atoms with Gasteiger partial charge >= 0.3 is 0 Å². The third kappa shape index (κ3) is 4.41. The normalized spacial score (nSPS) is 18.4. The Morgan fingerprint density at radius 2 is 2.15 bits per heavy atom. The Hall–Kier alpha value is -1.72. The number of nitrogens with one attached hydrogen (secondary N) is 2. The molecular formula is C20H28N4OS2+2. The fraction of sp³-hybridized carbons (Fsp3) is 0.500. The van der Waals surface area contributed by atoms with Crippen LogP contribution in [0.25, 0.3) is 0 Å². The number of fused-ring (bicyclic) bond motifs is 1. The van der Waals surface area contributed by atoms with E-state index in [0.717, 1.165) is 23.4 Å². The molecule has 3 rings (SSSR count). The van der Waals surface area contributed by atoms with Gasteiger partial charge in [0.1, 0.15) is 23.2 Å². The van der Waals surface area contributed by atoms with Crippen LogP contribution in [0.2, 0.25) is 0 Å². The van der Waals surface area contributed by atoms with E-state index in [2.05, 4.69) is 61.2 Å². The van der Waals surface area contributed by atoms with Crippen LogP contribution in [0.15, 0.2) is 16.8 Å². The minimum atomic E-state index is -0.0999. The molecule has 2 aromatic heterocycles. The van der Waals surface area contributed by atoms with Crippen molar-refractivity contribution in [2.45, 2.75) is 51.7 Å². The second-order valence-corrected chi connectivity index (χ2v) is 10.5. The van der Waals surface area contributed by atoms with Crippen LogP contribution in [0.3, 0.4) is 0 Å². The van der Waals surface area contributed by atoms with Gasteiger partial charge in [-0.1, -0.05) is 0 Å². The summed E-state index contributed by atoms with van der Waals surface area (Å²) >= 11 is 3.23. The van der Waals surface area contributed by atoms with Gasteiger partial charge in [0.2, 0.25) is 0 Å². The van der Waals surface area contributed by atoms with Gasteiger partial charge in [-0.05, 0) is 50.1 Å². The molecule has 1 aliphatic heterocycles. The van der Waals surface area contributed by atoms with E-state index >= 15 is 0 Å². The van der Waals surface area contributed by atoms with Gasteiger partial charge in [-0.2, -0.15) is 16.6 Å². The maximum Gasteiger partial charge on any atom is 0.280 e. The van der Waals surface area contributed by atoms with E-state index in [1.165, 1.54) is 10.4 Å². The molecule has 0 radical (unpaired) electrons. The molecule has 0 aliphatic carbocycles. The Balaban J connectivity index is 1.77. The summed E-state index contributed by atoms with van der Waals surface area (Å²) in [5.41, 5.74) is 2.93. The summed E-state index contributed by atoms with van der Waals surface area (Å²) in [4.78, 5) is 14.9. The highest BCUT2D eigenvalue weighted by molar-refractivity contribution is 7.16. The molecule has 0 fully saturated rings. The van der Waals surface area contributed by atoms with Crippen molar-refractivity contribution in [1.29, 1.82) is 5.26 Å². The van der Waals surface area contributed by atoms with Gasteiger partial charge < -0.3 is 15.5 Å². The van der Waals surface area contributed by atoms with E-state index in [9.17, 15) is 10.1 Å². The van der Waals surface area contributed by atoms with Crippen molar-refractivity contribution in [3.8, 4) is 6.07 Å². The molecule has 0 aromatic carbocycles. The molecule has 1 aliphatic rings. The van der Waals surface area contributed by atoms with Crippen molar-refractivity contribution < 1.29 is 15.0 Å². The minimum Gasteiger partial charge on any atom is -0.333 e. The van der Waals surface area contributed by atoms with Crippen LogP contribution >= 0.6 is 22.7 Å². The number of carbonyl (C=O) groups excluding carboxylic acids is 1. The lowest BCUT2D eigenvalue weighted by molar-refractivity contribution is -0.885. The number of amides is 1. The largest absolute Gasteiger partial charge is 0.333 e. The molecule has 2 aromatic rings. The first kappa shape index (κ1) is 20.0. The number of nitrogens with zero attached hydrogens (tertiary/aromatic N) is 1. The quantitative estimate of drug-likeness (QED) is 0.706. The summed E-state index contributed by atoms with van der Waals surface area (Å²) < 4.78 is 0. The van der Waals surface area contributed by atoms with E-state index in [4.69, 9.17) is 0 Å². The summed E-state index contributed by atoms with van der Waals surface area (Å²) in [6.45, 7) is 9.99. The Bertz CT molecular complexity index is 875. The van der Waals surface area contributed by atoms with Gasteiger partial charge in [-0.3, -0.25) is 4.79 Å². The van der Waals surface area contributed by atoms with E-state index in [1.54, 1.807) is 22.7 Å². The van der Waals surface area contributed by atoms with Crippen molar-refractivity contribution in [2.75, 3.05) is 18.9 Å². The lowest BCUT2D eigenvalue weighted by atomic mass is 9.81. The highest BCUT2D eigenvalue weighted by atomic mass is 32.1. The average molecular weight is 405 g/mol. The number of thiophene rings is 2. The molecule has 27 heavy (non-hydrogen) atoms. The zero-order chi connectivity index (χ0) is 19.8. The van der Waals surface area contributed by atoms with E-state index in [0.29, 0.717) is 17.1 Å². The molecule has 144 valence electrons. The number of likely N-dealkylation sites (N-methyl/N-ethyl adjacent to an activating group) is 1. The molecule has 0 saturated carbocycles. The fourth-order valence-corrected chi connectivity index (χ4v) is 6.09. The molecule has 0 saturated heterocycles. The molecular weight excluding hydrogens is 376 g/mol. The molecule has 1 amide bonds. The summed E-state index contributed by atoms with van der Waals surface area (Å²) in [5, 5.41) is 20.0. The topological polar surface area (TPSA) is 73.9 Å². The van der Waals surface area contributed by atoms with Gasteiger partial charge in [0.05, 0.1) is 23.0 Å². The first-order valence-corrected chi connectivity index (χ1v) is 10.9. The van der Waals surface area contributed by atoms with Crippen LogP contribution < -0.4 is 15.5 Å². The first-order valence-electron chi connectivity index (χ1n) is 9.17. The number of rotatable bonds is 5. The van der Waals surface area contributed by atoms with Gasteiger partial charge in [0, 0.05) is 12.0 Å². The Morgan fingerprint density at radius 3 is 2.78 bits per heavy atom. The highest BCUT2D eigenvalue weighted by Crippen LogP contribution is 2.41. The Labute approximate surface area is 169 Å². The number of hydrogen-bond acceptors (Lipinski definition) is 4. The number of quaternary nitrogens is 2. The van der Waals surface area contributed by atoms with Crippen LogP contribution in [0.5, 0.6) is 0 Å². The third-order valence-electron chi connectivity index (χ3n) is 4.89. The number of nitrogens with two attached hydrogens (primary N) is 1. The zero-order valence-electron chi connectivity index (χ0n) is 16.6. The van der Waals surface area contributed by atoms with Crippen LogP contribution in [0.4, 0.5) is 5.00 Å². The maximum absolute atomic E-state index is 12.6. The van der Waals surface area contributed by atoms with Gasteiger partial charge in [0.25, 0.3) is 5.91 Å². The van der Waals surface area contributed by atoms with Crippen LogP contribution in [0.1, 0.15) is 49.3 Å². The molecule has 7 heteroatoms. The van der Waals surface area contributed by atoms with Crippen LogP contribution in [-0.4, -0.2) is 25.0 Å². The van der Waals surface area contributed by atoms with Gasteiger partial charge in [-0.15, -0.1) is 11.3 Å². The average Bonchev–Trinajstić information content (AvgIpc) is 3.13. The van der Waals surface area contributed by atoms with Crippen molar-refractivity contribution in [3.63, 3.8) is 0 Å². The van der Waals surface area contributed by atoms with E-state index < -0.39 is 0 Å². The lowest BCUT2D eigenvalue weighted by Gasteiger charge is -2.38. The minimum absolute atomic E-state index is 0.0371. The number of anilines is 1. The number of hydrogen-bond donors (Lipinski definition) is 3. The van der Waals surface area contributed by atoms with Crippen LogP contribution in [0, 0.1) is 11.3 Å². The third-order valence-corrected chi connectivity index (χ3v) is 7.11. The second-order valence-electron chi connectivity index (χ2n) is 8.75. The van der Waals surface area contributed by atoms with E-state index in [1.807, 2.05) is 7.05 Å². The summed E-state index contributed by atoms with van der Waals surface area (Å²) in [7, 11) is 2.02. The first-order chi connectivity index (χ1) is 12.6.